The first-order valence-electron chi connectivity index (χ1n) is 5.73. The number of benzene rings is 1. The number of nitrogens with one attached hydrogen (secondary N) is 2. The lowest BCUT2D eigenvalue weighted by atomic mass is 10.3. The predicted octanol–water partition coefficient (Wildman–Crippen LogP) is 0.787. The van der Waals surface area contributed by atoms with Crippen LogP contribution in [0.3, 0.4) is 0 Å². The van der Waals surface area contributed by atoms with Crippen molar-refractivity contribution in [3.63, 3.8) is 0 Å². The maximum Gasteiger partial charge on any atom is 0.238 e. The van der Waals surface area contributed by atoms with Crippen LogP contribution in [0.5, 0.6) is 0 Å². The number of rotatable bonds is 6. The minimum atomic E-state index is -3.08. The van der Waals surface area contributed by atoms with Crippen LogP contribution in [0.2, 0.25) is 0 Å². The Hall–Kier alpha value is -1.47. The first-order chi connectivity index (χ1) is 8.76. The number of anilines is 1. The van der Waals surface area contributed by atoms with Crippen molar-refractivity contribution < 1.29 is 17.6 Å². The van der Waals surface area contributed by atoms with Crippen molar-refractivity contribution >= 4 is 21.4 Å². The van der Waals surface area contributed by atoms with Crippen molar-refractivity contribution in [3.8, 4) is 0 Å². The highest BCUT2D eigenvalue weighted by atomic mass is 32.2. The standard InChI is InChI=1S/C12H17FN2O3S/c1-9(8-19(2,17)18)14-7-12(16)15-11-5-3-4-10(13)6-11/h3-6,9,14H,7-8H2,1-2H3,(H,15,16). The van der Waals surface area contributed by atoms with Crippen molar-refractivity contribution in [2.45, 2.75) is 13.0 Å². The first-order valence-corrected chi connectivity index (χ1v) is 7.79. The molecule has 0 radical (unpaired) electrons. The molecule has 1 aromatic carbocycles. The van der Waals surface area contributed by atoms with Gasteiger partial charge in [-0.3, -0.25) is 4.79 Å². The number of carbonyl (C=O) groups excluding carboxylic acids is 1. The van der Waals surface area contributed by atoms with E-state index in [2.05, 4.69) is 10.6 Å². The minimum Gasteiger partial charge on any atom is -0.325 e. The molecular weight excluding hydrogens is 271 g/mol. The molecule has 1 aromatic rings. The van der Waals surface area contributed by atoms with E-state index in [0.717, 1.165) is 6.26 Å². The number of hydrogen-bond acceptors (Lipinski definition) is 4. The highest BCUT2D eigenvalue weighted by Gasteiger charge is 2.11. The summed E-state index contributed by atoms with van der Waals surface area (Å²) in [5, 5.41) is 5.30. The van der Waals surface area contributed by atoms with Crippen molar-refractivity contribution in [3.05, 3.63) is 30.1 Å². The summed E-state index contributed by atoms with van der Waals surface area (Å²) in [4.78, 5) is 11.5. The van der Waals surface area contributed by atoms with Crippen LogP contribution >= 0.6 is 0 Å². The van der Waals surface area contributed by atoms with E-state index in [-0.39, 0.29) is 24.2 Å². The van der Waals surface area contributed by atoms with E-state index in [1.807, 2.05) is 0 Å². The maximum absolute atomic E-state index is 12.9. The van der Waals surface area contributed by atoms with E-state index >= 15 is 0 Å². The Labute approximate surface area is 112 Å². The average molecular weight is 288 g/mol. The molecule has 0 aliphatic heterocycles. The number of sulfone groups is 1. The van der Waals surface area contributed by atoms with E-state index < -0.39 is 15.7 Å². The van der Waals surface area contributed by atoms with Crippen LogP contribution in [0.15, 0.2) is 24.3 Å². The van der Waals surface area contributed by atoms with Crippen LogP contribution in [0.25, 0.3) is 0 Å². The molecule has 1 unspecified atom stereocenters. The fourth-order valence-corrected chi connectivity index (χ4v) is 2.58. The van der Waals surface area contributed by atoms with Gasteiger partial charge in [-0.15, -0.1) is 0 Å². The summed E-state index contributed by atoms with van der Waals surface area (Å²) in [5.41, 5.74) is 0.363. The summed E-state index contributed by atoms with van der Waals surface area (Å²) in [6.07, 6.45) is 1.14. The molecule has 0 fully saturated rings. The summed E-state index contributed by atoms with van der Waals surface area (Å²) >= 11 is 0. The SMILES string of the molecule is CC(CS(C)(=O)=O)NCC(=O)Nc1cccc(F)c1. The molecule has 0 aliphatic carbocycles. The highest BCUT2D eigenvalue weighted by molar-refractivity contribution is 7.90. The Morgan fingerprint density at radius 3 is 2.68 bits per heavy atom. The summed E-state index contributed by atoms with van der Waals surface area (Å²) in [6, 6.07) is 5.22. The van der Waals surface area contributed by atoms with Crippen LogP contribution in [0, 0.1) is 5.82 Å². The van der Waals surface area contributed by atoms with E-state index in [4.69, 9.17) is 0 Å². The second-order valence-electron chi connectivity index (χ2n) is 4.43. The van der Waals surface area contributed by atoms with Gasteiger partial charge in [-0.05, 0) is 25.1 Å². The lowest BCUT2D eigenvalue weighted by Crippen LogP contribution is -2.38. The lowest BCUT2D eigenvalue weighted by Gasteiger charge is -2.12. The predicted molar refractivity (Wildman–Crippen MR) is 72.2 cm³/mol. The molecule has 0 aliphatic rings. The smallest absolute Gasteiger partial charge is 0.238 e. The molecule has 0 saturated carbocycles. The molecule has 5 nitrogen and oxygen atoms in total. The molecule has 7 heteroatoms. The van der Waals surface area contributed by atoms with Crippen LogP contribution in [0.1, 0.15) is 6.92 Å². The van der Waals surface area contributed by atoms with Gasteiger partial charge < -0.3 is 10.6 Å². The topological polar surface area (TPSA) is 75.3 Å². The second kappa shape index (κ2) is 6.63. The second-order valence-corrected chi connectivity index (χ2v) is 6.62. The molecule has 2 N–H and O–H groups in total. The summed E-state index contributed by atoms with van der Waals surface area (Å²) in [5.74, 6) is -0.831. The van der Waals surface area contributed by atoms with E-state index in [0.29, 0.717) is 5.69 Å². The van der Waals surface area contributed by atoms with Crippen LogP contribution < -0.4 is 10.6 Å². The molecule has 0 heterocycles. The fourth-order valence-electron chi connectivity index (χ4n) is 1.55. The molecule has 0 spiro atoms. The van der Waals surface area contributed by atoms with E-state index in [1.54, 1.807) is 13.0 Å². The van der Waals surface area contributed by atoms with Gasteiger partial charge in [0.05, 0.1) is 12.3 Å². The van der Waals surface area contributed by atoms with Crippen LogP contribution in [-0.2, 0) is 14.6 Å². The molecule has 0 bridgehead atoms. The molecule has 0 saturated heterocycles. The Morgan fingerprint density at radius 1 is 1.42 bits per heavy atom. The molecule has 1 amide bonds. The van der Waals surface area contributed by atoms with Gasteiger partial charge in [-0.2, -0.15) is 0 Å². The number of halogens is 1. The fraction of sp³-hybridized carbons (Fsp3) is 0.417. The third kappa shape index (κ3) is 6.88. The highest BCUT2D eigenvalue weighted by Crippen LogP contribution is 2.08. The summed E-state index contributed by atoms with van der Waals surface area (Å²) in [6.45, 7) is 1.64. The summed E-state index contributed by atoms with van der Waals surface area (Å²) in [7, 11) is -3.08. The third-order valence-corrected chi connectivity index (χ3v) is 3.38. The normalized spacial score (nSPS) is 13.0. The average Bonchev–Trinajstić information content (AvgIpc) is 2.24. The minimum absolute atomic E-state index is 0.0345. The quantitative estimate of drug-likeness (QED) is 0.811. The van der Waals surface area contributed by atoms with Crippen molar-refractivity contribution in [2.24, 2.45) is 0 Å². The number of carbonyl (C=O) groups is 1. The zero-order valence-electron chi connectivity index (χ0n) is 10.8. The molecule has 1 rings (SSSR count). The van der Waals surface area contributed by atoms with Gasteiger partial charge in [0.25, 0.3) is 0 Å². The van der Waals surface area contributed by atoms with Crippen LogP contribution in [-0.4, -0.2) is 38.9 Å². The van der Waals surface area contributed by atoms with Gasteiger partial charge in [0.2, 0.25) is 5.91 Å². The van der Waals surface area contributed by atoms with Crippen molar-refractivity contribution in [1.82, 2.24) is 5.32 Å². The molecule has 1 atom stereocenters. The van der Waals surface area contributed by atoms with Gasteiger partial charge in [0.15, 0.2) is 0 Å². The van der Waals surface area contributed by atoms with Crippen molar-refractivity contribution in [1.29, 1.82) is 0 Å². The van der Waals surface area contributed by atoms with Gasteiger partial charge in [-0.25, -0.2) is 12.8 Å². The number of amides is 1. The monoisotopic (exact) mass is 288 g/mol. The van der Waals surface area contributed by atoms with Gasteiger partial charge in [0.1, 0.15) is 15.7 Å². The van der Waals surface area contributed by atoms with Crippen LogP contribution in [0.4, 0.5) is 10.1 Å². The van der Waals surface area contributed by atoms with Gasteiger partial charge >= 0.3 is 0 Å². The molecular formula is C12H17FN2O3S. The Balaban J connectivity index is 2.40. The van der Waals surface area contributed by atoms with E-state index in [9.17, 15) is 17.6 Å². The zero-order valence-corrected chi connectivity index (χ0v) is 11.6. The first kappa shape index (κ1) is 15.6. The maximum atomic E-state index is 12.9. The van der Waals surface area contributed by atoms with E-state index in [1.165, 1.54) is 18.2 Å². The van der Waals surface area contributed by atoms with Crippen molar-refractivity contribution in [2.75, 3.05) is 23.9 Å². The Morgan fingerprint density at radius 2 is 2.11 bits per heavy atom. The van der Waals surface area contributed by atoms with Gasteiger partial charge in [0, 0.05) is 18.0 Å². The molecule has 19 heavy (non-hydrogen) atoms. The number of hydrogen-bond donors (Lipinski definition) is 2. The third-order valence-electron chi connectivity index (χ3n) is 2.27. The largest absolute Gasteiger partial charge is 0.325 e. The Kier molecular flexibility index (Phi) is 5.44. The van der Waals surface area contributed by atoms with Gasteiger partial charge in [-0.1, -0.05) is 6.07 Å². The Bertz CT molecular complexity index is 546. The summed E-state index contributed by atoms with van der Waals surface area (Å²) < 4.78 is 34.9. The lowest BCUT2D eigenvalue weighted by molar-refractivity contribution is -0.115. The zero-order chi connectivity index (χ0) is 14.5. The molecule has 0 aromatic heterocycles. The molecule has 106 valence electrons.